The maximum atomic E-state index is 13.1. The van der Waals surface area contributed by atoms with E-state index in [1.54, 1.807) is 79.7 Å². The summed E-state index contributed by atoms with van der Waals surface area (Å²) < 4.78 is 119. The fourth-order valence-electron chi connectivity index (χ4n) is 11.5. The maximum absolute atomic E-state index is 13.1. The average molecular weight is 2090 g/mol. The number of hydrogen-bond acceptors (Lipinski definition) is 44. The molecule has 61 heteroatoms. The summed E-state index contributed by atoms with van der Waals surface area (Å²) in [7, 11) is 12.6. The molecular formula is C81H130F3N29O24Si5. The molecule has 0 aliphatic carbocycles. The van der Waals surface area contributed by atoms with Crippen LogP contribution >= 0.6 is 0 Å². The van der Waals surface area contributed by atoms with Crippen LogP contribution in [0.15, 0.2) is 124 Å². The second-order valence-corrected chi connectivity index (χ2v) is 43.1. The van der Waals surface area contributed by atoms with Crippen molar-refractivity contribution in [1.29, 1.82) is 0 Å². The van der Waals surface area contributed by atoms with Gasteiger partial charge >= 0.3 is 50.2 Å². The monoisotopic (exact) mass is 2090 g/mol. The van der Waals surface area contributed by atoms with E-state index in [0.29, 0.717) is 123 Å². The average Bonchev–Trinajstić information content (AvgIpc) is 0.806. The molecular weight excluding hydrogens is 1960 g/mol. The standard InChI is InChI=1S/C23H26F3N5O4Si.C16H24N6O5Si.C16H22N6O5Si.C11H22N6O5Si.C11H20N6O5Si.4CH4/c1-15-12-18(14-19(13-15)23(24,25)26)21-30-28-20(29-31-21)16-6-8-17(9-7-16)22(32)27-10-5-11-36(33-2,34-3)35-4;2*1-25-28(26-2,27-3)11-7-10-17-15(23)13-19-21-14(22-20-13)16(24)18-12-8-5-4-6-9-12;2*1-12-10(18)8-14-16-9(17-15-8)11(19)13-6-5-7-23(20-2,21-3)22-4;;;;/h6-9,12-14H,5,10-11H2,1-4H3,(H,27,32);4-6,8-9H,7,10-11H2,1-3H3,(H,17,23)(H,18,24)(H,19,20)(H,21,22);4-6,8-9H,7,10-11H2,1-3H3,(H,17,23)(H,18,24);5-7H2,1-4H3,(H,12,18)(H,13,19)(H,14,15)(H,16,17);5-7H2,1-4H3,(H,12,18)(H,13,19);4*1H4. The predicted molar refractivity (Wildman–Crippen MR) is 524 cm³/mol. The number of nitrogens with zero attached hydrogens (tertiary/aromatic N) is 16. The number of rotatable bonds is 48. The number of para-hydroxylation sites is 2. The van der Waals surface area contributed by atoms with Crippen LogP contribution in [0.5, 0.6) is 0 Å². The molecule has 0 fully saturated rings. The molecule has 9 rings (SSSR count). The van der Waals surface area contributed by atoms with Crippen molar-refractivity contribution in [2.75, 3.05) is 164 Å². The van der Waals surface area contributed by atoms with E-state index in [9.17, 15) is 56.3 Å². The van der Waals surface area contributed by atoms with Gasteiger partial charge in [0.1, 0.15) is 0 Å². The Morgan fingerprint density at radius 3 is 0.852 bits per heavy atom. The van der Waals surface area contributed by atoms with Crippen LogP contribution in [0.25, 0.3) is 22.8 Å². The number of aryl methyl sites for hydroxylation is 1. The van der Waals surface area contributed by atoms with E-state index in [2.05, 4.69) is 151 Å². The highest BCUT2D eigenvalue weighted by Gasteiger charge is 2.42. The number of aromatic nitrogens is 12. The summed E-state index contributed by atoms with van der Waals surface area (Å²) in [6.45, 7) is 3.41. The minimum Gasteiger partial charge on any atom is -0.377 e. The first-order chi connectivity index (χ1) is 66.2. The topological polar surface area (TPSA) is 653 Å². The smallest absolute Gasteiger partial charge is 0.377 e. The number of carbonyl (C=O) groups is 9. The molecule has 0 saturated heterocycles. The van der Waals surface area contributed by atoms with Gasteiger partial charge in [-0.15, -0.1) is 81.6 Å². The number of anilines is 2. The van der Waals surface area contributed by atoms with E-state index in [0.717, 1.165) is 12.1 Å². The number of amidine groups is 4. The summed E-state index contributed by atoms with van der Waals surface area (Å²) in [4.78, 5) is 107. The van der Waals surface area contributed by atoms with Crippen molar-refractivity contribution in [2.24, 2.45) is 20.4 Å². The second kappa shape index (κ2) is 66.0. The van der Waals surface area contributed by atoms with Crippen molar-refractivity contribution in [3.63, 3.8) is 0 Å². The Balaban J connectivity index is 0.000000890. The van der Waals surface area contributed by atoms with Gasteiger partial charge in [-0.25, -0.2) is 0 Å². The molecule has 0 radical (unpaired) electrons. The number of alkyl halides is 3. The summed E-state index contributed by atoms with van der Waals surface area (Å²) in [5, 5.41) is 83.2. The molecule has 4 aromatic carbocycles. The molecule has 0 spiro atoms. The quantitative estimate of drug-likeness (QED) is 0.0192. The van der Waals surface area contributed by atoms with Gasteiger partial charge in [0.2, 0.25) is 35.0 Å². The molecule has 784 valence electrons. The third-order valence-corrected chi connectivity index (χ3v) is 33.3. The van der Waals surface area contributed by atoms with Gasteiger partial charge in [-0.1, -0.05) is 78.2 Å². The maximum Gasteiger partial charge on any atom is 0.500 e. The van der Waals surface area contributed by atoms with Gasteiger partial charge < -0.3 is 114 Å². The highest BCUT2D eigenvalue weighted by Crippen LogP contribution is 2.33. The van der Waals surface area contributed by atoms with E-state index >= 15 is 0 Å². The molecule has 0 saturated carbocycles. The number of nitrogens with one attached hydrogen (secondary N) is 13. The first kappa shape index (κ1) is 127. The largest absolute Gasteiger partial charge is 0.500 e. The molecule has 7 aromatic rings. The molecule has 0 unspecified atom stereocenters. The van der Waals surface area contributed by atoms with Crippen molar-refractivity contribution in [1.82, 2.24) is 120 Å². The van der Waals surface area contributed by atoms with Crippen LogP contribution in [0.1, 0.15) is 126 Å². The lowest BCUT2D eigenvalue weighted by molar-refractivity contribution is -0.137. The lowest BCUT2D eigenvalue weighted by Gasteiger charge is -2.24. The molecule has 5 heterocycles. The Hall–Kier alpha value is -12.9. The van der Waals surface area contributed by atoms with Gasteiger partial charge in [-0.05, 0) is 99.2 Å². The van der Waals surface area contributed by atoms with Crippen molar-refractivity contribution in [3.8, 4) is 22.8 Å². The van der Waals surface area contributed by atoms with Gasteiger partial charge in [0.05, 0.1) is 5.56 Å². The predicted octanol–water partition coefficient (Wildman–Crippen LogP) is 3.38. The third kappa shape index (κ3) is 41.0. The number of hydrazone groups is 4. The molecule has 0 bridgehead atoms. The van der Waals surface area contributed by atoms with Gasteiger partial charge in [0.15, 0.2) is 0 Å². The fraction of sp³-hybridized carbons (Fsp3) is 0.469. The van der Waals surface area contributed by atoms with Gasteiger partial charge in [-0.3, -0.25) is 64.9 Å². The van der Waals surface area contributed by atoms with E-state index in [4.69, 9.17) is 66.4 Å². The number of benzene rings is 4. The zero-order valence-corrected chi connectivity index (χ0v) is 84.0. The summed E-state index contributed by atoms with van der Waals surface area (Å²) in [6.07, 6.45) is -1.49. The lowest BCUT2D eigenvalue weighted by atomic mass is 10.1. The molecule has 2 aliphatic rings. The van der Waals surface area contributed by atoms with Crippen LogP contribution in [0.2, 0.25) is 30.2 Å². The summed E-state index contributed by atoms with van der Waals surface area (Å²) >= 11 is 0. The third-order valence-electron chi connectivity index (χ3n) is 19.2. The minimum atomic E-state index is -4.49. The Morgan fingerprint density at radius 1 is 0.303 bits per heavy atom. The van der Waals surface area contributed by atoms with E-state index in [-0.39, 0.29) is 99.5 Å². The SMILES string of the molecule is C.C.C.C.CNC(=O)C1=NNC(C(=O)NCCC[Si](OC)(OC)OC)=NN1.CNC(=O)c1nnc(C(=O)NCCC[Si](OC)(OC)OC)nn1.CO[Si](CCCNC(=O)C1=NNC(C(=O)Nc2ccccc2)=NN1)(OC)OC.CO[Si](CCCNC(=O)c1ccc(-c2nnc(-c3cc(C)cc(C(F)(F)F)c3)nn2)cc1)(OC)OC.CO[Si](CCCNC(=O)c1nnc(C(=O)Nc2ccccc2)nn1)(OC)OC. The number of amides is 9. The molecule has 2 aliphatic heterocycles. The minimum absolute atomic E-state index is 0. The Labute approximate surface area is 826 Å². The zero-order valence-electron chi connectivity index (χ0n) is 79.0. The van der Waals surface area contributed by atoms with Crippen LogP contribution in [0, 0.1) is 6.92 Å². The van der Waals surface area contributed by atoms with Crippen molar-refractivity contribution < 1.29 is 123 Å². The Bertz CT molecular complexity index is 5100. The molecule has 142 heavy (non-hydrogen) atoms. The van der Waals surface area contributed by atoms with Crippen LogP contribution < -0.4 is 69.6 Å². The van der Waals surface area contributed by atoms with Crippen molar-refractivity contribution >= 4 is 132 Å². The molecule has 0 atom stereocenters. The van der Waals surface area contributed by atoms with E-state index in [1.807, 2.05) is 12.1 Å². The number of carbonyl (C=O) groups excluding carboxylic acids is 9. The highest BCUT2D eigenvalue weighted by atomic mass is 28.4. The summed E-state index contributed by atoms with van der Waals surface area (Å²) in [5.41, 5.74) is 11.7. The molecule has 9 amide bonds. The molecule has 3 aromatic heterocycles. The van der Waals surface area contributed by atoms with Gasteiger partial charge in [0, 0.05) is 212 Å². The van der Waals surface area contributed by atoms with Crippen LogP contribution in [-0.4, -0.2) is 335 Å². The Morgan fingerprint density at radius 2 is 0.563 bits per heavy atom. The van der Waals surface area contributed by atoms with Crippen molar-refractivity contribution in [3.05, 3.63) is 143 Å². The summed E-state index contributed by atoms with van der Waals surface area (Å²) in [6, 6.07) is 30.5. The van der Waals surface area contributed by atoms with E-state index in [1.165, 1.54) is 127 Å². The summed E-state index contributed by atoms with van der Waals surface area (Å²) in [5.74, 6) is -5.19. The Kier molecular flexibility index (Phi) is 59.0. The van der Waals surface area contributed by atoms with Crippen LogP contribution in [0.3, 0.4) is 0 Å². The van der Waals surface area contributed by atoms with Gasteiger partial charge in [-0.2, -0.15) is 13.2 Å². The normalized spacial score (nSPS) is 12.0. The fourth-order valence-corrected chi connectivity index (χ4v) is 20.1. The van der Waals surface area contributed by atoms with Crippen molar-refractivity contribution in [2.45, 2.75) is 105 Å². The van der Waals surface area contributed by atoms with Crippen LogP contribution in [0.4, 0.5) is 24.5 Å². The lowest BCUT2D eigenvalue weighted by Crippen LogP contribution is -2.47. The van der Waals surface area contributed by atoms with Crippen LogP contribution in [-0.2, 0) is 91.7 Å². The number of halogens is 3. The first-order valence-corrected chi connectivity index (χ1v) is 51.1. The van der Waals surface area contributed by atoms with E-state index < -0.39 is 103 Å². The molecule has 13 N–H and O–H groups in total. The number of hydrogen-bond donors (Lipinski definition) is 13. The number of likely N-dealkylation sites (N-methyl/N-ethyl adjacent to an activating group) is 1. The molecule has 53 nitrogen and oxygen atoms in total. The second-order valence-electron chi connectivity index (χ2n) is 27.7. The zero-order chi connectivity index (χ0) is 102. The highest BCUT2D eigenvalue weighted by molar-refractivity contribution is 6.62. The first-order valence-electron chi connectivity index (χ1n) is 41.4. The van der Waals surface area contributed by atoms with Gasteiger partial charge in [0.25, 0.3) is 76.5 Å².